The number of carbonyl (C=O) groups is 2. The van der Waals surface area contributed by atoms with E-state index in [4.69, 9.17) is 19.3 Å². The lowest BCUT2D eigenvalue weighted by Crippen LogP contribution is -2.18. The maximum atomic E-state index is 12.4. The van der Waals surface area contributed by atoms with Crippen molar-refractivity contribution < 1.29 is 28.3 Å². The van der Waals surface area contributed by atoms with E-state index in [1.807, 2.05) is 30.3 Å². The molecular weight excluding hydrogens is 458 g/mol. The molecule has 1 fully saturated rings. The second-order valence-corrected chi connectivity index (χ2v) is 8.73. The number of aromatic nitrogens is 1. The zero-order valence-corrected chi connectivity index (χ0v) is 18.8. The van der Waals surface area contributed by atoms with Gasteiger partial charge in [-0.2, -0.15) is 4.37 Å². The molecule has 4 aromatic rings. The average molecular weight is 477 g/mol. The summed E-state index contributed by atoms with van der Waals surface area (Å²) in [5, 5.41) is 12.7. The maximum Gasteiger partial charge on any atom is 0.412 e. The smallest absolute Gasteiger partial charge is 0.412 e. The first-order chi connectivity index (χ1) is 16.4. The maximum absolute atomic E-state index is 12.4. The van der Waals surface area contributed by atoms with Gasteiger partial charge in [0.1, 0.15) is 27.8 Å². The molecule has 1 aromatic carbocycles. The zero-order valence-electron chi connectivity index (χ0n) is 18.0. The van der Waals surface area contributed by atoms with Crippen LogP contribution in [0.25, 0.3) is 11.2 Å². The summed E-state index contributed by atoms with van der Waals surface area (Å²) >= 11 is 1.03. The molecule has 34 heavy (non-hydrogen) atoms. The van der Waals surface area contributed by atoms with Crippen LogP contribution in [0.2, 0.25) is 0 Å². The Balaban J connectivity index is 1.30. The first kappa shape index (κ1) is 21.6. The van der Waals surface area contributed by atoms with Crippen molar-refractivity contribution in [3.05, 3.63) is 64.4 Å². The van der Waals surface area contributed by atoms with Crippen molar-refractivity contribution >= 4 is 46.3 Å². The van der Waals surface area contributed by atoms with Crippen LogP contribution in [0.1, 0.15) is 47.8 Å². The normalized spacial score (nSPS) is 14.7. The molecule has 3 heterocycles. The van der Waals surface area contributed by atoms with E-state index in [0.717, 1.165) is 17.1 Å². The first-order valence-corrected chi connectivity index (χ1v) is 11.2. The van der Waals surface area contributed by atoms with Crippen LogP contribution >= 0.6 is 11.5 Å². The van der Waals surface area contributed by atoms with Crippen LogP contribution in [0, 0.1) is 11.8 Å². The Kier molecular flexibility index (Phi) is 5.26. The Bertz CT molecular complexity index is 1420. The van der Waals surface area contributed by atoms with Crippen molar-refractivity contribution in [1.82, 2.24) is 4.37 Å². The van der Waals surface area contributed by atoms with E-state index in [1.54, 1.807) is 19.1 Å². The van der Waals surface area contributed by atoms with Gasteiger partial charge >= 0.3 is 12.1 Å². The van der Waals surface area contributed by atoms with E-state index in [1.165, 1.54) is 0 Å². The zero-order chi connectivity index (χ0) is 23.9. The number of aliphatic carboxylic acids is 1. The van der Waals surface area contributed by atoms with E-state index < -0.39 is 23.6 Å². The SMILES string of the molecule is CC(OC(=O)Nc1c(N)nsc1C#Cc1cc2cc(C3(C(=O)O)CC3)oc2o1)c1ccccc1. The van der Waals surface area contributed by atoms with Gasteiger partial charge in [0.25, 0.3) is 5.78 Å². The lowest BCUT2D eigenvalue weighted by Gasteiger charge is -2.14. The first-order valence-electron chi connectivity index (χ1n) is 10.4. The minimum absolute atomic E-state index is 0.125. The number of carboxylic acid groups (broad SMARTS) is 1. The van der Waals surface area contributed by atoms with Crippen molar-refractivity contribution in [2.75, 3.05) is 11.1 Å². The molecule has 0 spiro atoms. The summed E-state index contributed by atoms with van der Waals surface area (Å²) in [4.78, 5) is 24.3. The van der Waals surface area contributed by atoms with E-state index in [-0.39, 0.29) is 17.3 Å². The van der Waals surface area contributed by atoms with Gasteiger partial charge in [-0.05, 0) is 54.8 Å². The predicted molar refractivity (Wildman–Crippen MR) is 124 cm³/mol. The summed E-state index contributed by atoms with van der Waals surface area (Å²) in [6.07, 6.45) is -0.0507. The molecule has 1 aliphatic rings. The molecule has 10 heteroatoms. The van der Waals surface area contributed by atoms with Crippen molar-refractivity contribution in [3.8, 4) is 11.8 Å². The average Bonchev–Trinajstić information content (AvgIpc) is 3.26. The molecule has 3 aromatic heterocycles. The van der Waals surface area contributed by atoms with Crippen molar-refractivity contribution in [3.63, 3.8) is 0 Å². The van der Waals surface area contributed by atoms with Crippen LogP contribution in [0.3, 0.4) is 0 Å². The van der Waals surface area contributed by atoms with Gasteiger partial charge in [0.2, 0.25) is 0 Å². The van der Waals surface area contributed by atoms with Gasteiger partial charge < -0.3 is 24.4 Å². The number of nitrogen functional groups attached to an aromatic ring is 1. The Hall–Kier alpha value is -4.23. The van der Waals surface area contributed by atoms with E-state index in [2.05, 4.69) is 21.5 Å². The third-order valence-electron chi connectivity index (χ3n) is 5.64. The molecule has 5 rings (SSSR count). The highest BCUT2D eigenvalue weighted by Gasteiger charge is 2.54. The number of amides is 1. The highest BCUT2D eigenvalue weighted by molar-refractivity contribution is 7.07. The third-order valence-corrected chi connectivity index (χ3v) is 6.42. The number of carboxylic acids is 1. The summed E-state index contributed by atoms with van der Waals surface area (Å²) in [6.45, 7) is 1.77. The van der Waals surface area contributed by atoms with Crippen molar-refractivity contribution in [1.29, 1.82) is 0 Å². The number of nitrogens with two attached hydrogens (primary N) is 1. The number of ether oxygens (including phenoxy) is 1. The van der Waals surface area contributed by atoms with Crippen LogP contribution in [0.15, 0.2) is 51.3 Å². The highest BCUT2D eigenvalue weighted by Crippen LogP contribution is 2.50. The Morgan fingerprint density at radius 1 is 1.24 bits per heavy atom. The number of rotatable bonds is 5. The van der Waals surface area contributed by atoms with Gasteiger partial charge in [0.15, 0.2) is 11.6 Å². The molecule has 1 amide bonds. The fourth-order valence-electron chi connectivity index (χ4n) is 3.54. The van der Waals surface area contributed by atoms with Crippen LogP contribution in [0.5, 0.6) is 0 Å². The second-order valence-electron chi connectivity index (χ2n) is 7.96. The molecule has 172 valence electrons. The molecule has 0 saturated heterocycles. The Morgan fingerprint density at radius 3 is 2.68 bits per heavy atom. The Labute approximate surface area is 197 Å². The van der Waals surface area contributed by atoms with Gasteiger partial charge in [-0.15, -0.1) is 0 Å². The summed E-state index contributed by atoms with van der Waals surface area (Å²) in [5.74, 6) is 5.90. The molecule has 1 atom stereocenters. The Morgan fingerprint density at radius 2 is 2.00 bits per heavy atom. The number of nitrogens with one attached hydrogen (secondary N) is 1. The summed E-state index contributed by atoms with van der Waals surface area (Å²) in [7, 11) is 0. The molecule has 0 bridgehead atoms. The predicted octanol–water partition coefficient (Wildman–Crippen LogP) is 4.89. The molecule has 9 nitrogen and oxygen atoms in total. The number of carbonyl (C=O) groups excluding carboxylic acids is 1. The lowest BCUT2D eigenvalue weighted by molar-refractivity contribution is -0.140. The van der Waals surface area contributed by atoms with Gasteiger partial charge in [-0.25, -0.2) is 4.79 Å². The van der Waals surface area contributed by atoms with Crippen molar-refractivity contribution in [2.24, 2.45) is 0 Å². The molecule has 4 N–H and O–H groups in total. The summed E-state index contributed by atoms with van der Waals surface area (Å²) < 4.78 is 20.7. The van der Waals surface area contributed by atoms with Gasteiger partial charge in [-0.1, -0.05) is 30.3 Å². The van der Waals surface area contributed by atoms with Crippen LogP contribution in [-0.4, -0.2) is 21.5 Å². The minimum atomic E-state index is -0.944. The topological polar surface area (TPSA) is 141 Å². The highest BCUT2D eigenvalue weighted by atomic mass is 32.1. The van der Waals surface area contributed by atoms with Crippen LogP contribution in [0.4, 0.5) is 16.3 Å². The van der Waals surface area contributed by atoms with Gasteiger partial charge in [0, 0.05) is 6.07 Å². The van der Waals surface area contributed by atoms with Gasteiger partial charge in [0.05, 0.1) is 5.39 Å². The van der Waals surface area contributed by atoms with Crippen molar-refractivity contribution in [2.45, 2.75) is 31.3 Å². The number of nitrogens with zero attached hydrogens (tertiary/aromatic N) is 1. The molecule has 1 aliphatic carbocycles. The number of fused-ring (bicyclic) bond motifs is 1. The van der Waals surface area contributed by atoms with Gasteiger partial charge in [-0.3, -0.25) is 10.1 Å². The summed E-state index contributed by atoms with van der Waals surface area (Å²) in [6, 6.07) is 12.7. The van der Waals surface area contributed by atoms with E-state index in [0.29, 0.717) is 34.6 Å². The fraction of sp³-hybridized carbons (Fsp3) is 0.208. The standard InChI is InChI=1S/C24H19N3O6S/c1-13(14-5-3-2-4-6-14)31-23(30)26-19-17(34-27-20(19)25)8-7-16-11-15-12-18(33-21(15)32-16)24(9-10-24)22(28)29/h2-6,11-13H,9-10H2,1H3,(H2,25,27)(H,26,30)(H,28,29). The van der Waals surface area contributed by atoms with E-state index >= 15 is 0 Å². The molecule has 0 aliphatic heterocycles. The number of hydrogen-bond acceptors (Lipinski definition) is 8. The van der Waals surface area contributed by atoms with Crippen LogP contribution < -0.4 is 11.1 Å². The third kappa shape index (κ3) is 3.97. The molecular formula is C24H19N3O6S. The molecule has 1 saturated carbocycles. The van der Waals surface area contributed by atoms with Crippen LogP contribution in [-0.2, 0) is 14.9 Å². The van der Waals surface area contributed by atoms with E-state index in [9.17, 15) is 14.7 Å². The number of hydrogen-bond donors (Lipinski definition) is 3. The lowest BCUT2D eigenvalue weighted by atomic mass is 10.0. The number of benzene rings is 1. The second kappa shape index (κ2) is 8.28. The molecule has 0 radical (unpaired) electrons. The molecule has 1 unspecified atom stereocenters. The number of anilines is 2. The minimum Gasteiger partial charge on any atom is -0.480 e. The fourth-order valence-corrected chi connectivity index (χ4v) is 4.16. The number of furan rings is 2. The largest absolute Gasteiger partial charge is 0.480 e. The summed E-state index contributed by atoms with van der Waals surface area (Å²) in [5.41, 5.74) is 6.08. The monoisotopic (exact) mass is 477 g/mol. The quantitative estimate of drug-likeness (QED) is 0.345.